The summed E-state index contributed by atoms with van der Waals surface area (Å²) in [6.07, 6.45) is 6.68. The first-order chi connectivity index (χ1) is 9.31. The summed E-state index contributed by atoms with van der Waals surface area (Å²) >= 11 is 0. The van der Waals surface area contributed by atoms with Gasteiger partial charge in [0.05, 0.1) is 6.54 Å². The van der Waals surface area contributed by atoms with E-state index in [9.17, 15) is 4.79 Å². The molecular formula is C16H22N2O. The van der Waals surface area contributed by atoms with E-state index in [0.29, 0.717) is 6.54 Å². The highest BCUT2D eigenvalue weighted by Gasteiger charge is 2.22. The average molecular weight is 258 g/mol. The molecule has 1 heterocycles. The zero-order valence-electron chi connectivity index (χ0n) is 11.6. The van der Waals surface area contributed by atoms with Gasteiger partial charge in [0.15, 0.2) is 0 Å². The number of rotatable bonds is 7. The lowest BCUT2D eigenvalue weighted by Gasteiger charge is -2.16. The van der Waals surface area contributed by atoms with E-state index in [4.69, 9.17) is 0 Å². The lowest BCUT2D eigenvalue weighted by molar-refractivity contribution is -0.113. The van der Waals surface area contributed by atoms with Crippen LogP contribution in [0.4, 0.5) is 5.69 Å². The molecule has 3 nitrogen and oxygen atoms in total. The maximum absolute atomic E-state index is 11.9. The Morgan fingerprint density at radius 1 is 1.16 bits per heavy atom. The molecule has 2 rings (SSSR count). The number of amides is 1. The summed E-state index contributed by atoms with van der Waals surface area (Å²) in [4.78, 5) is 13.7. The van der Waals surface area contributed by atoms with Crippen molar-refractivity contribution in [2.45, 2.75) is 32.6 Å². The number of unbranched alkanes of at least 4 members (excludes halogenated alkanes) is 3. The van der Waals surface area contributed by atoms with E-state index < -0.39 is 0 Å². The smallest absolute Gasteiger partial charge is 0.253 e. The van der Waals surface area contributed by atoms with Gasteiger partial charge in [0, 0.05) is 24.0 Å². The average Bonchev–Trinajstić information content (AvgIpc) is 2.81. The molecule has 0 saturated heterocycles. The van der Waals surface area contributed by atoms with Crippen molar-refractivity contribution in [3.63, 3.8) is 0 Å². The Balaban J connectivity index is 1.80. The second kappa shape index (κ2) is 6.98. The Bertz CT molecular complexity index is 439. The van der Waals surface area contributed by atoms with E-state index in [1.807, 2.05) is 30.3 Å². The standard InChI is InChI=1S/C16H22N2O/c1-2-3-4-8-11-17-14-12-16(19)18(13-14)15-9-6-5-7-10-15/h5-7,9-10,12,17H,2-4,8,11,13H2,1H3. The molecule has 0 unspecified atom stereocenters. The molecule has 102 valence electrons. The van der Waals surface area contributed by atoms with Crippen molar-refractivity contribution >= 4 is 11.6 Å². The summed E-state index contributed by atoms with van der Waals surface area (Å²) in [5.74, 6) is 0.0715. The van der Waals surface area contributed by atoms with Crippen molar-refractivity contribution in [2.75, 3.05) is 18.0 Å². The number of nitrogens with one attached hydrogen (secondary N) is 1. The van der Waals surface area contributed by atoms with E-state index in [0.717, 1.165) is 17.9 Å². The topological polar surface area (TPSA) is 32.3 Å². The quantitative estimate of drug-likeness (QED) is 0.762. The lowest BCUT2D eigenvalue weighted by Crippen LogP contribution is -2.27. The van der Waals surface area contributed by atoms with Crippen molar-refractivity contribution in [2.24, 2.45) is 0 Å². The van der Waals surface area contributed by atoms with Gasteiger partial charge < -0.3 is 10.2 Å². The molecule has 19 heavy (non-hydrogen) atoms. The fourth-order valence-electron chi connectivity index (χ4n) is 2.25. The molecule has 0 spiro atoms. The van der Waals surface area contributed by atoms with Gasteiger partial charge in [-0.1, -0.05) is 44.4 Å². The molecule has 0 saturated carbocycles. The monoisotopic (exact) mass is 258 g/mol. The molecule has 3 heteroatoms. The molecular weight excluding hydrogens is 236 g/mol. The van der Waals surface area contributed by atoms with Gasteiger partial charge in [0.25, 0.3) is 5.91 Å². The van der Waals surface area contributed by atoms with Crippen LogP contribution in [0.5, 0.6) is 0 Å². The number of carbonyl (C=O) groups excluding carboxylic acids is 1. The van der Waals surface area contributed by atoms with Crippen LogP contribution in [0.25, 0.3) is 0 Å². The zero-order valence-corrected chi connectivity index (χ0v) is 11.6. The molecule has 0 aromatic heterocycles. The lowest BCUT2D eigenvalue weighted by atomic mass is 10.2. The van der Waals surface area contributed by atoms with Crippen molar-refractivity contribution in [3.8, 4) is 0 Å². The van der Waals surface area contributed by atoms with Crippen molar-refractivity contribution in [1.82, 2.24) is 5.32 Å². The Kier molecular flexibility index (Phi) is 5.01. The minimum Gasteiger partial charge on any atom is -0.387 e. The van der Waals surface area contributed by atoms with Gasteiger partial charge in [-0.3, -0.25) is 4.79 Å². The first kappa shape index (κ1) is 13.7. The molecule has 1 aliphatic heterocycles. The third-order valence-electron chi connectivity index (χ3n) is 3.34. The fourth-order valence-corrected chi connectivity index (χ4v) is 2.25. The van der Waals surface area contributed by atoms with Gasteiger partial charge in [0.2, 0.25) is 0 Å². The molecule has 0 fully saturated rings. The molecule has 1 aromatic carbocycles. The Hall–Kier alpha value is -1.77. The summed E-state index contributed by atoms with van der Waals surface area (Å²) in [7, 11) is 0. The molecule has 0 atom stereocenters. The normalized spacial score (nSPS) is 14.7. The molecule has 0 radical (unpaired) electrons. The first-order valence-corrected chi connectivity index (χ1v) is 7.12. The number of hydrogen-bond acceptors (Lipinski definition) is 2. The minimum atomic E-state index is 0.0715. The second-order valence-corrected chi connectivity index (χ2v) is 4.92. The maximum atomic E-state index is 11.9. The number of carbonyl (C=O) groups is 1. The number of nitrogens with zero attached hydrogens (tertiary/aromatic N) is 1. The van der Waals surface area contributed by atoms with E-state index in [1.54, 1.807) is 11.0 Å². The summed E-state index contributed by atoms with van der Waals surface area (Å²) in [5, 5.41) is 3.37. The summed E-state index contributed by atoms with van der Waals surface area (Å²) in [5.41, 5.74) is 2.00. The van der Waals surface area contributed by atoms with Crippen LogP contribution in [0.2, 0.25) is 0 Å². The van der Waals surface area contributed by atoms with Crippen molar-refractivity contribution in [3.05, 3.63) is 42.1 Å². The van der Waals surface area contributed by atoms with E-state index in [-0.39, 0.29) is 5.91 Å². The molecule has 0 bridgehead atoms. The van der Waals surface area contributed by atoms with Crippen LogP contribution in [0.1, 0.15) is 32.6 Å². The van der Waals surface area contributed by atoms with Crippen LogP contribution < -0.4 is 10.2 Å². The highest BCUT2D eigenvalue weighted by molar-refractivity contribution is 6.04. The third kappa shape index (κ3) is 3.85. The van der Waals surface area contributed by atoms with Crippen molar-refractivity contribution in [1.29, 1.82) is 0 Å². The number of para-hydroxylation sites is 1. The van der Waals surface area contributed by atoms with Gasteiger partial charge in [0.1, 0.15) is 0 Å². The number of benzene rings is 1. The van der Waals surface area contributed by atoms with E-state index >= 15 is 0 Å². The highest BCUT2D eigenvalue weighted by atomic mass is 16.2. The Morgan fingerprint density at radius 3 is 2.68 bits per heavy atom. The van der Waals surface area contributed by atoms with E-state index in [2.05, 4.69) is 12.2 Å². The van der Waals surface area contributed by atoms with Crippen LogP contribution in [-0.2, 0) is 4.79 Å². The highest BCUT2D eigenvalue weighted by Crippen LogP contribution is 2.19. The van der Waals surface area contributed by atoms with Gasteiger partial charge in [-0.15, -0.1) is 0 Å². The van der Waals surface area contributed by atoms with Gasteiger partial charge in [-0.25, -0.2) is 0 Å². The van der Waals surface area contributed by atoms with Crippen molar-refractivity contribution < 1.29 is 4.79 Å². The largest absolute Gasteiger partial charge is 0.387 e. The SMILES string of the molecule is CCCCCCNC1=CC(=O)N(c2ccccc2)C1. The number of hydrogen-bond donors (Lipinski definition) is 1. The number of anilines is 1. The second-order valence-electron chi connectivity index (χ2n) is 4.92. The van der Waals surface area contributed by atoms with Gasteiger partial charge in [-0.2, -0.15) is 0 Å². The summed E-state index contributed by atoms with van der Waals surface area (Å²) in [6.45, 7) is 3.84. The predicted octanol–water partition coefficient (Wildman–Crippen LogP) is 3.09. The Morgan fingerprint density at radius 2 is 1.95 bits per heavy atom. The van der Waals surface area contributed by atoms with E-state index in [1.165, 1.54) is 25.7 Å². The van der Waals surface area contributed by atoms with Crippen LogP contribution in [0, 0.1) is 0 Å². The predicted molar refractivity (Wildman–Crippen MR) is 79.0 cm³/mol. The Labute approximate surface area is 115 Å². The molecule has 1 aliphatic rings. The molecule has 0 aliphatic carbocycles. The fraction of sp³-hybridized carbons (Fsp3) is 0.438. The van der Waals surface area contributed by atoms with Crippen LogP contribution >= 0.6 is 0 Å². The van der Waals surface area contributed by atoms with Gasteiger partial charge >= 0.3 is 0 Å². The zero-order chi connectivity index (χ0) is 13.5. The van der Waals surface area contributed by atoms with Crippen LogP contribution in [0.3, 0.4) is 0 Å². The molecule has 1 N–H and O–H groups in total. The van der Waals surface area contributed by atoms with Crippen LogP contribution in [-0.4, -0.2) is 19.0 Å². The summed E-state index contributed by atoms with van der Waals surface area (Å²) in [6, 6.07) is 9.81. The molecule has 1 amide bonds. The van der Waals surface area contributed by atoms with Crippen LogP contribution in [0.15, 0.2) is 42.1 Å². The third-order valence-corrected chi connectivity index (χ3v) is 3.34. The molecule has 1 aromatic rings. The van der Waals surface area contributed by atoms with Gasteiger partial charge in [-0.05, 0) is 18.6 Å². The first-order valence-electron chi connectivity index (χ1n) is 7.12. The minimum absolute atomic E-state index is 0.0715. The maximum Gasteiger partial charge on any atom is 0.253 e. The summed E-state index contributed by atoms with van der Waals surface area (Å²) < 4.78 is 0.